The zero-order valence-electron chi connectivity index (χ0n) is 10.8. The first-order valence-electron chi connectivity index (χ1n) is 6.43. The molecule has 3 nitrogen and oxygen atoms in total. The summed E-state index contributed by atoms with van der Waals surface area (Å²) in [6, 6.07) is 8.07. The van der Waals surface area contributed by atoms with E-state index in [1.807, 2.05) is 18.2 Å². The Hall–Kier alpha value is -1.06. The molecule has 1 unspecified atom stereocenters. The second-order valence-electron chi connectivity index (χ2n) is 4.82. The van der Waals surface area contributed by atoms with Gasteiger partial charge in [-0.3, -0.25) is 4.90 Å². The topological polar surface area (TPSA) is 26.7 Å². The molecule has 0 radical (unpaired) electrons. The highest BCUT2D eigenvalue weighted by molar-refractivity contribution is 5.34. The molecule has 1 aliphatic heterocycles. The molecule has 2 rings (SSSR count). The Morgan fingerprint density at radius 3 is 2.41 bits per heavy atom. The van der Waals surface area contributed by atoms with Crippen LogP contribution in [0.25, 0.3) is 0 Å². The summed E-state index contributed by atoms with van der Waals surface area (Å²) in [5, 5.41) is 9.96. The van der Waals surface area contributed by atoms with Gasteiger partial charge in [-0.05, 0) is 19.5 Å². The van der Waals surface area contributed by atoms with Crippen molar-refractivity contribution >= 4 is 0 Å². The third-order valence-corrected chi connectivity index (χ3v) is 3.66. The van der Waals surface area contributed by atoms with Crippen LogP contribution in [0.15, 0.2) is 24.3 Å². The van der Waals surface area contributed by atoms with Crippen molar-refractivity contribution in [1.29, 1.82) is 0 Å². The van der Waals surface area contributed by atoms with Crippen LogP contribution in [0.5, 0.6) is 5.75 Å². The van der Waals surface area contributed by atoms with E-state index in [9.17, 15) is 5.11 Å². The molecule has 0 spiro atoms. The van der Waals surface area contributed by atoms with Gasteiger partial charge in [-0.1, -0.05) is 25.1 Å². The summed E-state index contributed by atoms with van der Waals surface area (Å²) in [5.41, 5.74) is 1.07. The number of phenols is 1. The summed E-state index contributed by atoms with van der Waals surface area (Å²) < 4.78 is 0. The largest absolute Gasteiger partial charge is 0.508 e. The number of aromatic hydroxyl groups is 1. The van der Waals surface area contributed by atoms with Crippen molar-refractivity contribution in [1.82, 2.24) is 9.80 Å². The maximum atomic E-state index is 9.96. The third kappa shape index (κ3) is 2.79. The van der Waals surface area contributed by atoms with Crippen LogP contribution in [0.3, 0.4) is 0 Å². The van der Waals surface area contributed by atoms with E-state index in [2.05, 4.69) is 23.8 Å². The van der Waals surface area contributed by atoms with Crippen molar-refractivity contribution < 1.29 is 5.11 Å². The number of hydrogen-bond donors (Lipinski definition) is 1. The molecule has 1 saturated heterocycles. The predicted octanol–water partition coefficient (Wildman–Crippen LogP) is 2.09. The van der Waals surface area contributed by atoms with E-state index >= 15 is 0 Å². The minimum Gasteiger partial charge on any atom is -0.508 e. The van der Waals surface area contributed by atoms with Crippen molar-refractivity contribution in [3.63, 3.8) is 0 Å². The van der Waals surface area contributed by atoms with Gasteiger partial charge >= 0.3 is 0 Å². The van der Waals surface area contributed by atoms with E-state index in [-0.39, 0.29) is 0 Å². The molecule has 1 N–H and O–H groups in total. The van der Waals surface area contributed by atoms with Crippen molar-refractivity contribution in [2.75, 3.05) is 33.2 Å². The van der Waals surface area contributed by atoms with Gasteiger partial charge in [-0.25, -0.2) is 0 Å². The first-order valence-corrected chi connectivity index (χ1v) is 6.43. The molecule has 1 heterocycles. The lowest BCUT2D eigenvalue weighted by atomic mass is 10.0. The molecule has 1 atom stereocenters. The molecular weight excluding hydrogens is 212 g/mol. The quantitative estimate of drug-likeness (QED) is 0.867. The molecular formula is C14H22N2O. The predicted molar refractivity (Wildman–Crippen MR) is 70.2 cm³/mol. The van der Waals surface area contributed by atoms with Gasteiger partial charge in [0, 0.05) is 37.8 Å². The number of hydrogen-bond acceptors (Lipinski definition) is 3. The summed E-state index contributed by atoms with van der Waals surface area (Å²) in [4.78, 5) is 4.84. The second-order valence-corrected chi connectivity index (χ2v) is 4.82. The van der Waals surface area contributed by atoms with Crippen LogP contribution in [0.4, 0.5) is 0 Å². The highest BCUT2D eigenvalue weighted by Crippen LogP contribution is 2.31. The molecule has 1 aliphatic rings. The lowest BCUT2D eigenvalue weighted by Gasteiger charge is -2.38. The first kappa shape index (κ1) is 12.4. The number of piperazine rings is 1. The van der Waals surface area contributed by atoms with E-state index in [4.69, 9.17) is 0 Å². The molecule has 0 aliphatic carbocycles. The van der Waals surface area contributed by atoms with Gasteiger partial charge in [0.1, 0.15) is 5.75 Å². The SMILES string of the molecule is CCC(c1ccccc1O)N1CCN(C)CC1. The maximum absolute atomic E-state index is 9.96. The lowest BCUT2D eigenvalue weighted by molar-refractivity contribution is 0.108. The van der Waals surface area contributed by atoms with Crippen molar-refractivity contribution in [2.24, 2.45) is 0 Å². The molecule has 17 heavy (non-hydrogen) atoms. The lowest BCUT2D eigenvalue weighted by Crippen LogP contribution is -2.45. The normalized spacial score (nSPS) is 20.4. The van der Waals surface area contributed by atoms with E-state index in [0.717, 1.165) is 38.2 Å². The van der Waals surface area contributed by atoms with Crippen LogP contribution in [0, 0.1) is 0 Å². The maximum Gasteiger partial charge on any atom is 0.120 e. The van der Waals surface area contributed by atoms with E-state index in [1.165, 1.54) is 0 Å². The Kier molecular flexibility index (Phi) is 4.02. The molecule has 0 amide bonds. The van der Waals surface area contributed by atoms with Crippen LogP contribution >= 0.6 is 0 Å². The van der Waals surface area contributed by atoms with Gasteiger partial charge in [0.15, 0.2) is 0 Å². The van der Waals surface area contributed by atoms with Gasteiger partial charge in [0.05, 0.1) is 0 Å². The number of para-hydroxylation sites is 1. The molecule has 1 aromatic rings. The van der Waals surface area contributed by atoms with Gasteiger partial charge in [-0.15, -0.1) is 0 Å². The van der Waals surface area contributed by atoms with E-state index in [0.29, 0.717) is 11.8 Å². The van der Waals surface area contributed by atoms with Crippen molar-refractivity contribution in [3.8, 4) is 5.75 Å². The number of nitrogens with zero attached hydrogens (tertiary/aromatic N) is 2. The number of rotatable bonds is 3. The Balaban J connectivity index is 2.14. The Bertz CT molecular complexity index is 359. The van der Waals surface area contributed by atoms with E-state index < -0.39 is 0 Å². The standard InChI is InChI=1S/C14H22N2O/c1-3-13(12-6-4-5-7-14(12)17)16-10-8-15(2)9-11-16/h4-7,13,17H,3,8-11H2,1-2H3. The average molecular weight is 234 g/mol. The summed E-state index contributed by atoms with van der Waals surface area (Å²) in [6.45, 7) is 6.59. The second kappa shape index (κ2) is 5.52. The Morgan fingerprint density at radius 2 is 1.82 bits per heavy atom. The zero-order valence-corrected chi connectivity index (χ0v) is 10.8. The number of benzene rings is 1. The van der Waals surface area contributed by atoms with Gasteiger partial charge < -0.3 is 10.0 Å². The van der Waals surface area contributed by atoms with Crippen LogP contribution < -0.4 is 0 Å². The molecule has 0 bridgehead atoms. The van der Waals surface area contributed by atoms with Crippen LogP contribution in [-0.4, -0.2) is 48.1 Å². The minimum absolute atomic E-state index is 0.352. The monoisotopic (exact) mass is 234 g/mol. The molecule has 3 heteroatoms. The number of phenolic OH excluding ortho intramolecular Hbond substituents is 1. The van der Waals surface area contributed by atoms with Gasteiger partial charge in [0.2, 0.25) is 0 Å². The van der Waals surface area contributed by atoms with Gasteiger partial charge in [-0.2, -0.15) is 0 Å². The summed E-state index contributed by atoms with van der Waals surface area (Å²) in [7, 11) is 2.16. The third-order valence-electron chi connectivity index (χ3n) is 3.66. The smallest absolute Gasteiger partial charge is 0.120 e. The molecule has 94 valence electrons. The zero-order chi connectivity index (χ0) is 12.3. The fraction of sp³-hybridized carbons (Fsp3) is 0.571. The summed E-state index contributed by atoms with van der Waals surface area (Å²) in [5.74, 6) is 0.429. The summed E-state index contributed by atoms with van der Waals surface area (Å²) in [6.07, 6.45) is 1.04. The highest BCUT2D eigenvalue weighted by atomic mass is 16.3. The van der Waals surface area contributed by atoms with Crippen LogP contribution in [0.2, 0.25) is 0 Å². The van der Waals surface area contributed by atoms with E-state index in [1.54, 1.807) is 6.07 Å². The summed E-state index contributed by atoms with van der Waals surface area (Å²) >= 11 is 0. The number of likely N-dealkylation sites (N-methyl/N-ethyl adjacent to an activating group) is 1. The minimum atomic E-state index is 0.352. The average Bonchev–Trinajstić information content (AvgIpc) is 2.35. The Morgan fingerprint density at radius 1 is 1.18 bits per heavy atom. The fourth-order valence-electron chi connectivity index (χ4n) is 2.58. The fourth-order valence-corrected chi connectivity index (χ4v) is 2.58. The first-order chi connectivity index (χ1) is 8.22. The highest BCUT2D eigenvalue weighted by Gasteiger charge is 2.23. The van der Waals surface area contributed by atoms with Crippen LogP contribution in [0.1, 0.15) is 24.9 Å². The molecule has 0 saturated carbocycles. The van der Waals surface area contributed by atoms with Crippen LogP contribution in [-0.2, 0) is 0 Å². The van der Waals surface area contributed by atoms with Gasteiger partial charge in [0.25, 0.3) is 0 Å². The molecule has 1 fully saturated rings. The van der Waals surface area contributed by atoms with Crippen molar-refractivity contribution in [2.45, 2.75) is 19.4 Å². The Labute approximate surface area is 104 Å². The van der Waals surface area contributed by atoms with Crippen molar-refractivity contribution in [3.05, 3.63) is 29.8 Å². The molecule has 0 aromatic heterocycles. The molecule has 1 aromatic carbocycles.